The molecule has 2 heterocycles. The smallest absolute Gasteiger partial charge is 0.191 e. The van der Waals surface area contributed by atoms with Gasteiger partial charge in [0.2, 0.25) is 0 Å². The predicted molar refractivity (Wildman–Crippen MR) is 101 cm³/mol. The summed E-state index contributed by atoms with van der Waals surface area (Å²) < 4.78 is 7.09. The Labute approximate surface area is 156 Å². The molecular formula is C18H21ClN4OS. The van der Waals surface area contributed by atoms with Crippen molar-refractivity contribution >= 4 is 23.4 Å². The molecule has 0 saturated heterocycles. The Balaban J connectivity index is 1.79. The van der Waals surface area contributed by atoms with Gasteiger partial charge >= 0.3 is 0 Å². The highest BCUT2D eigenvalue weighted by Crippen LogP contribution is 2.27. The number of thioether (sulfide) groups is 1. The van der Waals surface area contributed by atoms with Gasteiger partial charge in [-0.1, -0.05) is 54.7 Å². The van der Waals surface area contributed by atoms with Crippen molar-refractivity contribution in [3.63, 3.8) is 0 Å². The van der Waals surface area contributed by atoms with Crippen LogP contribution in [-0.4, -0.2) is 19.9 Å². The summed E-state index contributed by atoms with van der Waals surface area (Å²) in [5.74, 6) is 1.60. The van der Waals surface area contributed by atoms with E-state index >= 15 is 0 Å². The lowest BCUT2D eigenvalue weighted by atomic mass is 10.2. The second kappa shape index (κ2) is 9.06. The maximum Gasteiger partial charge on any atom is 0.191 e. The third-order valence-electron chi connectivity index (χ3n) is 3.89. The van der Waals surface area contributed by atoms with Crippen molar-refractivity contribution in [2.75, 3.05) is 0 Å². The van der Waals surface area contributed by atoms with Crippen molar-refractivity contribution in [1.82, 2.24) is 19.9 Å². The molecule has 132 valence electrons. The van der Waals surface area contributed by atoms with Crippen molar-refractivity contribution in [3.05, 3.63) is 47.3 Å². The Morgan fingerprint density at radius 1 is 1.08 bits per heavy atom. The topological polar surface area (TPSA) is 56.7 Å². The first-order chi connectivity index (χ1) is 12.3. The van der Waals surface area contributed by atoms with Gasteiger partial charge in [0, 0.05) is 29.0 Å². The zero-order valence-corrected chi connectivity index (χ0v) is 15.8. The summed E-state index contributed by atoms with van der Waals surface area (Å²) in [4.78, 5) is 0. The second-order valence-electron chi connectivity index (χ2n) is 5.80. The first-order valence-corrected chi connectivity index (χ1v) is 9.85. The second-order valence-corrected chi connectivity index (χ2v) is 7.18. The predicted octanol–water partition coefficient (Wildman–Crippen LogP) is 5.46. The molecule has 2 aromatic heterocycles. The maximum absolute atomic E-state index is 6.01. The minimum absolute atomic E-state index is 0.713. The van der Waals surface area contributed by atoms with E-state index in [0.717, 1.165) is 40.2 Å². The molecule has 0 atom stereocenters. The molecule has 0 spiro atoms. The Hall–Kier alpha value is -1.79. The highest BCUT2D eigenvalue weighted by molar-refractivity contribution is 7.98. The molecule has 0 bridgehead atoms. The normalized spacial score (nSPS) is 11.1. The van der Waals surface area contributed by atoms with E-state index in [1.165, 1.54) is 19.3 Å². The van der Waals surface area contributed by atoms with Crippen LogP contribution in [0.15, 0.2) is 46.3 Å². The Bertz CT molecular complexity index is 771. The number of nitrogens with zero attached hydrogens (tertiary/aromatic N) is 4. The Kier molecular flexibility index (Phi) is 6.53. The molecule has 3 rings (SSSR count). The molecule has 0 saturated carbocycles. The van der Waals surface area contributed by atoms with Gasteiger partial charge in [-0.2, -0.15) is 0 Å². The Morgan fingerprint density at radius 3 is 2.64 bits per heavy atom. The van der Waals surface area contributed by atoms with Gasteiger partial charge < -0.3 is 9.09 Å². The van der Waals surface area contributed by atoms with Crippen molar-refractivity contribution < 1.29 is 4.52 Å². The summed E-state index contributed by atoms with van der Waals surface area (Å²) in [6.07, 6.45) is 6.39. The molecule has 7 heteroatoms. The van der Waals surface area contributed by atoms with Crippen LogP contribution < -0.4 is 0 Å². The first kappa shape index (κ1) is 18.0. The molecule has 0 unspecified atom stereocenters. The van der Waals surface area contributed by atoms with Gasteiger partial charge in [-0.25, -0.2) is 0 Å². The molecule has 0 amide bonds. The zero-order valence-electron chi connectivity index (χ0n) is 14.2. The SMILES string of the molecule is CCCCCCn1c(SCc2ccon2)nnc1-c1ccc(Cl)cc1. The van der Waals surface area contributed by atoms with E-state index in [2.05, 4.69) is 26.8 Å². The van der Waals surface area contributed by atoms with Gasteiger partial charge in [-0.05, 0) is 30.7 Å². The summed E-state index contributed by atoms with van der Waals surface area (Å²) in [5.41, 5.74) is 1.93. The molecule has 0 aliphatic carbocycles. The number of hydrogen-bond donors (Lipinski definition) is 0. The maximum atomic E-state index is 6.01. The molecule has 3 aromatic rings. The molecule has 5 nitrogen and oxygen atoms in total. The van der Waals surface area contributed by atoms with E-state index in [-0.39, 0.29) is 0 Å². The molecule has 0 fully saturated rings. The fourth-order valence-corrected chi connectivity index (χ4v) is 3.54. The Morgan fingerprint density at radius 2 is 1.92 bits per heavy atom. The van der Waals surface area contributed by atoms with Crippen molar-refractivity contribution in [1.29, 1.82) is 0 Å². The van der Waals surface area contributed by atoms with Gasteiger partial charge in [-0.3, -0.25) is 0 Å². The van der Waals surface area contributed by atoms with Crippen LogP contribution in [0.5, 0.6) is 0 Å². The van der Waals surface area contributed by atoms with Gasteiger partial charge in [0.25, 0.3) is 0 Å². The number of benzene rings is 1. The summed E-state index contributed by atoms with van der Waals surface area (Å²) in [6.45, 7) is 3.13. The fraction of sp³-hybridized carbons (Fsp3) is 0.389. The lowest BCUT2D eigenvalue weighted by Crippen LogP contribution is -2.03. The van der Waals surface area contributed by atoms with Crippen molar-refractivity contribution in [2.24, 2.45) is 0 Å². The number of aromatic nitrogens is 4. The molecule has 0 radical (unpaired) electrons. The van der Waals surface area contributed by atoms with E-state index < -0.39 is 0 Å². The molecule has 0 N–H and O–H groups in total. The molecular weight excluding hydrogens is 356 g/mol. The number of hydrogen-bond acceptors (Lipinski definition) is 5. The number of rotatable bonds is 9. The molecule has 1 aromatic carbocycles. The van der Waals surface area contributed by atoms with Crippen LogP contribution in [0.4, 0.5) is 0 Å². The van der Waals surface area contributed by atoms with Crippen molar-refractivity contribution in [2.45, 2.75) is 50.1 Å². The van der Waals surface area contributed by atoms with E-state index in [1.807, 2.05) is 30.3 Å². The summed E-state index contributed by atoms with van der Waals surface area (Å²) in [6, 6.07) is 9.61. The summed E-state index contributed by atoms with van der Waals surface area (Å²) >= 11 is 7.63. The van der Waals surface area contributed by atoms with Crippen LogP contribution in [0, 0.1) is 0 Å². The molecule has 0 aliphatic heterocycles. The van der Waals surface area contributed by atoms with Gasteiger partial charge in [0.1, 0.15) is 6.26 Å². The van der Waals surface area contributed by atoms with Crippen LogP contribution in [0.25, 0.3) is 11.4 Å². The third kappa shape index (κ3) is 4.86. The van der Waals surface area contributed by atoms with Gasteiger partial charge in [0.05, 0.1) is 5.69 Å². The summed E-state index contributed by atoms with van der Waals surface area (Å²) in [5, 5.41) is 14.4. The largest absolute Gasteiger partial charge is 0.364 e. The van der Waals surface area contributed by atoms with Crippen LogP contribution in [0.3, 0.4) is 0 Å². The third-order valence-corrected chi connectivity index (χ3v) is 5.15. The van der Waals surface area contributed by atoms with Crippen LogP contribution >= 0.6 is 23.4 Å². The lowest BCUT2D eigenvalue weighted by Gasteiger charge is -2.10. The number of unbranched alkanes of at least 4 members (excludes halogenated alkanes) is 3. The standard InChI is InChI=1S/C18H21ClN4OS/c1-2-3-4-5-11-23-17(14-6-8-15(19)9-7-14)20-21-18(23)25-13-16-10-12-24-22-16/h6-10,12H,2-5,11,13H2,1H3. The van der Waals surface area contributed by atoms with Crippen LogP contribution in [0.2, 0.25) is 5.02 Å². The monoisotopic (exact) mass is 376 g/mol. The summed E-state index contributed by atoms with van der Waals surface area (Å²) in [7, 11) is 0. The minimum atomic E-state index is 0.713. The van der Waals surface area contributed by atoms with Crippen molar-refractivity contribution in [3.8, 4) is 11.4 Å². The highest BCUT2D eigenvalue weighted by Gasteiger charge is 2.15. The first-order valence-electron chi connectivity index (χ1n) is 8.49. The zero-order chi connectivity index (χ0) is 17.5. The van der Waals surface area contributed by atoms with E-state index in [1.54, 1.807) is 18.0 Å². The minimum Gasteiger partial charge on any atom is -0.364 e. The fourth-order valence-electron chi connectivity index (χ4n) is 2.56. The average molecular weight is 377 g/mol. The van der Waals surface area contributed by atoms with E-state index in [4.69, 9.17) is 16.1 Å². The van der Waals surface area contributed by atoms with Crippen LogP contribution in [0.1, 0.15) is 38.3 Å². The molecule has 25 heavy (non-hydrogen) atoms. The van der Waals surface area contributed by atoms with E-state index in [0.29, 0.717) is 5.75 Å². The highest BCUT2D eigenvalue weighted by atomic mass is 35.5. The van der Waals surface area contributed by atoms with E-state index in [9.17, 15) is 0 Å². The van der Waals surface area contributed by atoms with Crippen LogP contribution in [-0.2, 0) is 12.3 Å². The average Bonchev–Trinajstić information content (AvgIpc) is 3.27. The van der Waals surface area contributed by atoms with Gasteiger partial charge in [-0.15, -0.1) is 10.2 Å². The number of halogens is 1. The molecule has 0 aliphatic rings. The lowest BCUT2D eigenvalue weighted by molar-refractivity contribution is 0.414. The quantitative estimate of drug-likeness (QED) is 0.366. The van der Waals surface area contributed by atoms with Gasteiger partial charge in [0.15, 0.2) is 11.0 Å².